The van der Waals surface area contributed by atoms with E-state index in [0.717, 1.165) is 17.2 Å². The number of allylic oxidation sites excluding steroid dienone is 1. The van der Waals surface area contributed by atoms with Crippen LogP contribution in [-0.2, 0) is 6.42 Å². The molecular weight excluding hydrogens is 384 g/mol. The van der Waals surface area contributed by atoms with E-state index < -0.39 is 15.5 Å². The molecule has 0 aliphatic rings. The zero-order valence-electron chi connectivity index (χ0n) is 15.8. The monoisotopic (exact) mass is 402 g/mol. The maximum atomic E-state index is 11.3. The van der Waals surface area contributed by atoms with Crippen molar-refractivity contribution in [2.45, 2.75) is 6.42 Å². The number of hydrogen-bond donors (Lipinski definition) is 1. The van der Waals surface area contributed by atoms with Crippen LogP contribution in [0.15, 0.2) is 90.0 Å². The Bertz CT molecular complexity index is 1100. The van der Waals surface area contributed by atoms with Crippen LogP contribution in [0.1, 0.15) is 11.1 Å². The first-order valence-electron chi connectivity index (χ1n) is 9.05. The fourth-order valence-electron chi connectivity index (χ4n) is 2.71. The Hall–Kier alpha value is -4.33. The van der Waals surface area contributed by atoms with E-state index in [1.807, 2.05) is 72.8 Å². The summed E-state index contributed by atoms with van der Waals surface area (Å²) in [5.41, 5.74) is 4.63. The minimum absolute atomic E-state index is 0.0734. The van der Waals surface area contributed by atoms with E-state index in [9.17, 15) is 20.2 Å². The van der Waals surface area contributed by atoms with E-state index >= 15 is 0 Å². The molecule has 0 spiro atoms. The first kappa shape index (κ1) is 20.4. The Kier molecular flexibility index (Phi) is 6.63. The predicted octanol–water partition coefficient (Wildman–Crippen LogP) is 5.23. The van der Waals surface area contributed by atoms with Gasteiger partial charge in [-0.3, -0.25) is 25.7 Å². The Morgan fingerprint density at radius 3 is 2.20 bits per heavy atom. The number of nitro groups is 2. The van der Waals surface area contributed by atoms with Crippen molar-refractivity contribution in [1.82, 2.24) is 0 Å². The average Bonchev–Trinajstić information content (AvgIpc) is 2.76. The Morgan fingerprint density at radius 2 is 1.57 bits per heavy atom. The molecule has 0 unspecified atom stereocenters. The molecule has 150 valence electrons. The van der Waals surface area contributed by atoms with Crippen molar-refractivity contribution >= 4 is 28.8 Å². The minimum Gasteiger partial charge on any atom is -0.271 e. The highest BCUT2D eigenvalue weighted by atomic mass is 16.6. The smallest absolute Gasteiger partial charge is 0.271 e. The molecular formula is C22H18N4O4. The summed E-state index contributed by atoms with van der Waals surface area (Å²) in [4.78, 5) is 20.9. The number of non-ortho nitro benzene ring substituents is 1. The van der Waals surface area contributed by atoms with Crippen LogP contribution in [0.4, 0.5) is 17.1 Å². The van der Waals surface area contributed by atoms with Gasteiger partial charge in [0.25, 0.3) is 5.69 Å². The number of hydrogen-bond acceptors (Lipinski definition) is 6. The lowest BCUT2D eigenvalue weighted by molar-refractivity contribution is -0.393. The molecule has 8 nitrogen and oxygen atoms in total. The van der Waals surface area contributed by atoms with E-state index in [-0.39, 0.29) is 11.4 Å². The normalized spacial score (nSPS) is 11.4. The van der Waals surface area contributed by atoms with Crippen LogP contribution in [0.25, 0.3) is 6.08 Å². The molecule has 0 heterocycles. The van der Waals surface area contributed by atoms with Crippen LogP contribution in [0, 0.1) is 20.2 Å². The summed E-state index contributed by atoms with van der Waals surface area (Å²) in [5.74, 6) is 0. The topological polar surface area (TPSA) is 111 Å². The third-order valence-electron chi connectivity index (χ3n) is 4.20. The van der Waals surface area contributed by atoms with Gasteiger partial charge in [-0.2, -0.15) is 5.10 Å². The Morgan fingerprint density at radius 1 is 0.900 bits per heavy atom. The van der Waals surface area contributed by atoms with Crippen LogP contribution in [0.5, 0.6) is 0 Å². The number of hydrazone groups is 1. The molecule has 3 rings (SSSR count). The van der Waals surface area contributed by atoms with Crippen LogP contribution in [0.2, 0.25) is 0 Å². The van der Waals surface area contributed by atoms with Gasteiger partial charge in [-0.25, -0.2) is 0 Å². The first-order valence-corrected chi connectivity index (χ1v) is 9.05. The maximum absolute atomic E-state index is 11.3. The van der Waals surface area contributed by atoms with Crippen molar-refractivity contribution in [3.63, 3.8) is 0 Å². The summed E-state index contributed by atoms with van der Waals surface area (Å²) in [7, 11) is 0. The lowest BCUT2D eigenvalue weighted by atomic mass is 10.1. The largest absolute Gasteiger partial charge is 0.301 e. The molecule has 0 saturated carbocycles. The third kappa shape index (κ3) is 5.59. The van der Waals surface area contributed by atoms with Crippen molar-refractivity contribution in [1.29, 1.82) is 0 Å². The van der Waals surface area contributed by atoms with Crippen LogP contribution < -0.4 is 5.43 Å². The number of rotatable bonds is 8. The molecule has 0 aliphatic carbocycles. The lowest BCUT2D eigenvalue weighted by Crippen LogP contribution is -2.05. The average molecular weight is 402 g/mol. The molecule has 0 aliphatic heterocycles. The molecule has 0 fully saturated rings. The fraction of sp³-hybridized carbons (Fsp3) is 0.0455. The summed E-state index contributed by atoms with van der Waals surface area (Å²) in [6.45, 7) is 0. The first-order chi connectivity index (χ1) is 14.5. The molecule has 8 heteroatoms. The van der Waals surface area contributed by atoms with Gasteiger partial charge in [0.2, 0.25) is 0 Å². The van der Waals surface area contributed by atoms with Crippen LogP contribution >= 0.6 is 0 Å². The molecule has 1 N–H and O–H groups in total. The highest BCUT2D eigenvalue weighted by Gasteiger charge is 2.19. The number of nitrogens with one attached hydrogen (secondary N) is 1. The number of anilines is 1. The van der Waals surface area contributed by atoms with Gasteiger partial charge >= 0.3 is 5.69 Å². The quantitative estimate of drug-likeness (QED) is 0.315. The highest BCUT2D eigenvalue weighted by Crippen LogP contribution is 2.29. The predicted molar refractivity (Wildman–Crippen MR) is 116 cm³/mol. The number of benzene rings is 3. The van der Waals surface area contributed by atoms with Crippen molar-refractivity contribution in [3.8, 4) is 0 Å². The second-order valence-corrected chi connectivity index (χ2v) is 6.34. The molecule has 0 saturated heterocycles. The van der Waals surface area contributed by atoms with Gasteiger partial charge in [-0.1, -0.05) is 66.7 Å². The zero-order valence-corrected chi connectivity index (χ0v) is 15.8. The van der Waals surface area contributed by atoms with E-state index in [4.69, 9.17) is 0 Å². The minimum atomic E-state index is -0.679. The highest BCUT2D eigenvalue weighted by molar-refractivity contribution is 6.00. The summed E-state index contributed by atoms with van der Waals surface area (Å²) in [6.07, 6.45) is 4.22. The second kappa shape index (κ2) is 9.74. The fourth-order valence-corrected chi connectivity index (χ4v) is 2.71. The van der Waals surface area contributed by atoms with Crippen LogP contribution in [-0.4, -0.2) is 15.6 Å². The molecule has 0 bridgehead atoms. The van der Waals surface area contributed by atoms with Crippen LogP contribution in [0.3, 0.4) is 0 Å². The third-order valence-corrected chi connectivity index (χ3v) is 4.20. The number of nitrogens with zero attached hydrogens (tertiary/aromatic N) is 3. The second-order valence-electron chi connectivity index (χ2n) is 6.34. The summed E-state index contributed by atoms with van der Waals surface area (Å²) in [5, 5.41) is 26.6. The van der Waals surface area contributed by atoms with Crippen molar-refractivity contribution < 1.29 is 9.85 Å². The van der Waals surface area contributed by atoms with Gasteiger partial charge in [0, 0.05) is 12.5 Å². The van der Waals surface area contributed by atoms with Gasteiger partial charge in [0.05, 0.1) is 21.6 Å². The summed E-state index contributed by atoms with van der Waals surface area (Å²) in [6, 6.07) is 22.7. The van der Waals surface area contributed by atoms with Gasteiger partial charge in [-0.15, -0.1) is 0 Å². The molecule has 3 aromatic carbocycles. The van der Waals surface area contributed by atoms with E-state index in [1.54, 1.807) is 0 Å². The Labute approximate surface area is 172 Å². The van der Waals surface area contributed by atoms with Gasteiger partial charge < -0.3 is 0 Å². The van der Waals surface area contributed by atoms with Crippen molar-refractivity contribution in [2.24, 2.45) is 5.10 Å². The molecule has 0 atom stereocenters. The summed E-state index contributed by atoms with van der Waals surface area (Å²) < 4.78 is 0. The van der Waals surface area contributed by atoms with Gasteiger partial charge in [-0.05, 0) is 23.3 Å². The van der Waals surface area contributed by atoms with E-state index in [0.29, 0.717) is 12.1 Å². The maximum Gasteiger partial charge on any atom is 0.301 e. The molecule has 30 heavy (non-hydrogen) atoms. The van der Waals surface area contributed by atoms with E-state index in [2.05, 4.69) is 10.5 Å². The van der Waals surface area contributed by atoms with Gasteiger partial charge in [0.1, 0.15) is 5.69 Å². The molecule has 0 amide bonds. The van der Waals surface area contributed by atoms with Crippen molar-refractivity contribution in [3.05, 3.63) is 116 Å². The molecule has 0 aromatic heterocycles. The SMILES string of the molecule is O=[N+]([O-])c1ccc(NN=C(C=Cc2ccccc2)Cc2ccccc2)c([N+](=O)[O-])c1. The van der Waals surface area contributed by atoms with E-state index in [1.165, 1.54) is 12.1 Å². The Balaban J connectivity index is 1.90. The van der Waals surface area contributed by atoms with Gasteiger partial charge in [0.15, 0.2) is 0 Å². The number of nitro benzene ring substituents is 2. The summed E-state index contributed by atoms with van der Waals surface area (Å²) >= 11 is 0. The standard InChI is InChI=1S/C22H18N4O4/c27-25(28)20-13-14-21(22(16-20)26(29)30)24-23-19(15-18-9-5-2-6-10-18)12-11-17-7-3-1-4-8-17/h1-14,16,24H,15H2. The lowest BCUT2D eigenvalue weighted by Gasteiger charge is -2.06. The molecule has 3 aromatic rings. The zero-order chi connectivity index (χ0) is 21.3. The molecule has 0 radical (unpaired) electrons. The van der Waals surface area contributed by atoms with Crippen molar-refractivity contribution in [2.75, 3.05) is 5.43 Å².